The van der Waals surface area contributed by atoms with E-state index in [4.69, 9.17) is 4.74 Å². The van der Waals surface area contributed by atoms with Crippen LogP contribution in [0.15, 0.2) is 42.9 Å². The Hall–Kier alpha value is -2.51. The first-order valence-electron chi connectivity index (χ1n) is 7.44. The highest BCUT2D eigenvalue weighted by Crippen LogP contribution is 2.21. The predicted octanol–water partition coefficient (Wildman–Crippen LogP) is 1.62. The molecule has 3 rings (SSSR count). The summed E-state index contributed by atoms with van der Waals surface area (Å²) < 4.78 is 6.69. The first-order valence-corrected chi connectivity index (χ1v) is 7.44. The largest absolute Gasteiger partial charge is 0.391 e. The van der Waals surface area contributed by atoms with Gasteiger partial charge in [0.1, 0.15) is 12.1 Å². The van der Waals surface area contributed by atoms with E-state index in [0.717, 1.165) is 16.7 Å². The molecule has 1 aromatic carbocycles. The number of aliphatic hydroxyl groups is 1. The molecule has 1 atom stereocenters. The number of fused-ring (bicyclic) bond motifs is 1. The van der Waals surface area contributed by atoms with Gasteiger partial charge in [-0.1, -0.05) is 18.2 Å². The zero-order valence-corrected chi connectivity index (χ0v) is 12.9. The first-order chi connectivity index (χ1) is 11.3. The monoisotopic (exact) mass is 313 g/mol. The summed E-state index contributed by atoms with van der Waals surface area (Å²) in [5, 5.41) is 18.1. The molecule has 0 bridgehead atoms. The van der Waals surface area contributed by atoms with Crippen LogP contribution in [0.2, 0.25) is 0 Å². The van der Waals surface area contributed by atoms with Crippen LogP contribution in [-0.2, 0) is 4.74 Å². The molecule has 7 heteroatoms. The number of methoxy groups -OCH3 is 1. The van der Waals surface area contributed by atoms with Crippen LogP contribution in [0.25, 0.3) is 16.7 Å². The fourth-order valence-corrected chi connectivity index (χ4v) is 2.38. The van der Waals surface area contributed by atoms with Crippen molar-refractivity contribution in [2.75, 3.05) is 25.6 Å². The maximum absolute atomic E-state index is 9.68. The predicted molar refractivity (Wildman–Crippen MR) is 87.6 cm³/mol. The van der Waals surface area contributed by atoms with Gasteiger partial charge in [0.15, 0.2) is 5.65 Å². The van der Waals surface area contributed by atoms with E-state index in [0.29, 0.717) is 25.4 Å². The van der Waals surface area contributed by atoms with E-state index in [-0.39, 0.29) is 0 Å². The molecule has 2 N–H and O–H groups in total. The van der Waals surface area contributed by atoms with E-state index in [2.05, 4.69) is 20.4 Å². The molecule has 120 valence electrons. The van der Waals surface area contributed by atoms with Gasteiger partial charge in [-0.05, 0) is 18.6 Å². The zero-order chi connectivity index (χ0) is 16.1. The average molecular weight is 313 g/mol. The number of hydrogen-bond acceptors (Lipinski definition) is 6. The minimum atomic E-state index is -0.489. The van der Waals surface area contributed by atoms with Crippen LogP contribution in [0.1, 0.15) is 6.42 Å². The van der Waals surface area contributed by atoms with Crippen molar-refractivity contribution in [2.24, 2.45) is 0 Å². The number of benzene rings is 1. The number of aliphatic hydroxyl groups excluding tert-OH is 1. The van der Waals surface area contributed by atoms with E-state index in [1.165, 1.54) is 6.33 Å². The van der Waals surface area contributed by atoms with Crippen molar-refractivity contribution >= 4 is 16.9 Å². The normalized spacial score (nSPS) is 12.4. The highest BCUT2D eigenvalue weighted by atomic mass is 16.5. The van der Waals surface area contributed by atoms with E-state index < -0.39 is 6.10 Å². The second-order valence-corrected chi connectivity index (χ2v) is 5.18. The van der Waals surface area contributed by atoms with Gasteiger partial charge in [0.05, 0.1) is 30.0 Å². The molecular formula is C16H19N5O2. The summed E-state index contributed by atoms with van der Waals surface area (Å²) in [5.41, 5.74) is 1.69. The zero-order valence-electron chi connectivity index (χ0n) is 12.9. The number of nitrogens with one attached hydrogen (secondary N) is 1. The molecule has 0 aliphatic heterocycles. The number of aromatic nitrogens is 4. The second-order valence-electron chi connectivity index (χ2n) is 5.18. The van der Waals surface area contributed by atoms with Crippen LogP contribution in [0.4, 0.5) is 5.82 Å². The van der Waals surface area contributed by atoms with Crippen molar-refractivity contribution in [2.45, 2.75) is 12.5 Å². The standard InChI is InChI=1S/C16H19N5O2/c1-23-10-13(22)7-8-17-15-14-9-20-21(16(14)19-11-18-15)12-5-3-2-4-6-12/h2-6,9,11,13,22H,7-8,10H2,1H3,(H,17,18,19). The van der Waals surface area contributed by atoms with Gasteiger partial charge in [-0.3, -0.25) is 0 Å². The van der Waals surface area contributed by atoms with Crippen LogP contribution in [-0.4, -0.2) is 51.2 Å². The lowest BCUT2D eigenvalue weighted by molar-refractivity contribution is 0.0615. The molecule has 0 spiro atoms. The Bertz CT molecular complexity index is 760. The van der Waals surface area contributed by atoms with Crippen molar-refractivity contribution in [3.63, 3.8) is 0 Å². The van der Waals surface area contributed by atoms with E-state index in [1.54, 1.807) is 18.0 Å². The summed E-state index contributed by atoms with van der Waals surface area (Å²) in [5.74, 6) is 0.710. The summed E-state index contributed by atoms with van der Waals surface area (Å²) in [4.78, 5) is 8.60. The Kier molecular flexibility index (Phi) is 4.80. The summed E-state index contributed by atoms with van der Waals surface area (Å²) in [6.07, 6.45) is 3.34. The van der Waals surface area contributed by atoms with Crippen LogP contribution >= 0.6 is 0 Å². The molecule has 2 aromatic heterocycles. The third-order valence-corrected chi connectivity index (χ3v) is 3.50. The van der Waals surface area contributed by atoms with Gasteiger partial charge in [0.25, 0.3) is 0 Å². The van der Waals surface area contributed by atoms with Gasteiger partial charge in [0.2, 0.25) is 0 Å². The van der Waals surface area contributed by atoms with Crippen molar-refractivity contribution < 1.29 is 9.84 Å². The van der Waals surface area contributed by atoms with Gasteiger partial charge >= 0.3 is 0 Å². The third kappa shape index (κ3) is 3.46. The van der Waals surface area contributed by atoms with E-state index in [1.807, 2.05) is 30.3 Å². The number of nitrogens with zero attached hydrogens (tertiary/aromatic N) is 4. The summed E-state index contributed by atoms with van der Waals surface area (Å²) >= 11 is 0. The summed E-state index contributed by atoms with van der Waals surface area (Å²) in [6.45, 7) is 0.917. The lowest BCUT2D eigenvalue weighted by atomic mass is 10.2. The molecule has 0 amide bonds. The molecule has 0 aliphatic carbocycles. The van der Waals surface area contributed by atoms with Crippen LogP contribution in [0.5, 0.6) is 0 Å². The molecule has 2 heterocycles. The number of ether oxygens (including phenoxy) is 1. The first kappa shape index (κ1) is 15.4. The molecule has 1 unspecified atom stereocenters. The lowest BCUT2D eigenvalue weighted by Gasteiger charge is -2.10. The van der Waals surface area contributed by atoms with Gasteiger partial charge < -0.3 is 15.2 Å². The van der Waals surface area contributed by atoms with Crippen molar-refractivity contribution in [3.05, 3.63) is 42.9 Å². The topological polar surface area (TPSA) is 85.1 Å². The summed E-state index contributed by atoms with van der Waals surface area (Å²) in [6, 6.07) is 9.83. The fourth-order valence-electron chi connectivity index (χ4n) is 2.38. The Morgan fingerprint density at radius 3 is 2.87 bits per heavy atom. The maximum Gasteiger partial charge on any atom is 0.168 e. The average Bonchev–Trinajstić information content (AvgIpc) is 3.01. The van der Waals surface area contributed by atoms with Crippen LogP contribution < -0.4 is 5.32 Å². The SMILES string of the molecule is COCC(O)CCNc1ncnc2c1cnn2-c1ccccc1. The minimum absolute atomic E-state index is 0.326. The Labute approximate surface area is 133 Å². The molecular weight excluding hydrogens is 294 g/mol. The molecule has 23 heavy (non-hydrogen) atoms. The maximum atomic E-state index is 9.68. The van der Waals surface area contributed by atoms with Gasteiger partial charge in [-0.25, -0.2) is 14.6 Å². The molecule has 0 saturated carbocycles. The minimum Gasteiger partial charge on any atom is -0.391 e. The summed E-state index contributed by atoms with van der Waals surface area (Å²) in [7, 11) is 1.57. The molecule has 7 nitrogen and oxygen atoms in total. The van der Waals surface area contributed by atoms with Crippen molar-refractivity contribution in [1.29, 1.82) is 0 Å². The molecule has 0 fully saturated rings. The van der Waals surface area contributed by atoms with Gasteiger partial charge in [-0.15, -0.1) is 0 Å². The number of rotatable bonds is 7. The molecule has 3 aromatic rings. The lowest BCUT2D eigenvalue weighted by Crippen LogP contribution is -2.18. The van der Waals surface area contributed by atoms with E-state index >= 15 is 0 Å². The van der Waals surface area contributed by atoms with E-state index in [9.17, 15) is 5.11 Å². The Morgan fingerprint density at radius 2 is 2.09 bits per heavy atom. The number of anilines is 1. The quantitative estimate of drug-likeness (QED) is 0.689. The smallest absolute Gasteiger partial charge is 0.168 e. The van der Waals surface area contributed by atoms with Crippen LogP contribution in [0, 0.1) is 0 Å². The van der Waals surface area contributed by atoms with Crippen molar-refractivity contribution in [1.82, 2.24) is 19.7 Å². The molecule has 0 aliphatic rings. The molecule has 0 saturated heterocycles. The fraction of sp³-hybridized carbons (Fsp3) is 0.312. The number of para-hydroxylation sites is 1. The highest BCUT2D eigenvalue weighted by Gasteiger charge is 2.11. The third-order valence-electron chi connectivity index (χ3n) is 3.50. The van der Waals surface area contributed by atoms with Crippen LogP contribution in [0.3, 0.4) is 0 Å². The number of hydrogen-bond donors (Lipinski definition) is 2. The van der Waals surface area contributed by atoms with Crippen molar-refractivity contribution in [3.8, 4) is 5.69 Å². The molecule has 0 radical (unpaired) electrons. The van der Waals surface area contributed by atoms with Gasteiger partial charge in [-0.2, -0.15) is 5.10 Å². The highest BCUT2D eigenvalue weighted by molar-refractivity contribution is 5.87. The van der Waals surface area contributed by atoms with Gasteiger partial charge in [0, 0.05) is 13.7 Å². The Balaban J connectivity index is 1.79. The second kappa shape index (κ2) is 7.17. The Morgan fingerprint density at radius 1 is 1.26 bits per heavy atom.